The molecule has 0 saturated heterocycles. The van der Waals surface area contributed by atoms with Gasteiger partial charge in [0.2, 0.25) is 0 Å². The molecule has 0 unspecified atom stereocenters. The third-order valence-corrected chi connectivity index (χ3v) is 4.91. The minimum Gasteiger partial charge on any atom is -0.398 e. The van der Waals surface area contributed by atoms with Crippen molar-refractivity contribution in [2.75, 3.05) is 11.1 Å². The molecule has 0 bridgehead atoms. The third-order valence-electron chi connectivity index (χ3n) is 4.91. The second-order valence-electron chi connectivity index (χ2n) is 7.08. The fraction of sp³-hybridized carbons (Fsp3) is 0.120. The number of aromatic nitrogens is 1. The number of carbonyl (C=O) groups excluding carboxylic acids is 1. The highest BCUT2D eigenvalue weighted by Crippen LogP contribution is 2.25. The van der Waals surface area contributed by atoms with Crippen LogP contribution in [0.4, 0.5) is 11.4 Å². The number of nitrogens with one attached hydrogen (secondary N) is 1. The number of anilines is 2. The van der Waals surface area contributed by atoms with Crippen molar-refractivity contribution < 1.29 is 4.79 Å². The lowest BCUT2D eigenvalue weighted by Crippen LogP contribution is -2.11. The van der Waals surface area contributed by atoms with Crippen LogP contribution in [0.5, 0.6) is 0 Å². The molecule has 0 fully saturated rings. The van der Waals surface area contributed by atoms with Gasteiger partial charge in [-0.2, -0.15) is 0 Å². The Balaban J connectivity index is 1.54. The number of nitrogens with zero attached hydrogens (tertiary/aromatic N) is 1. The molecule has 0 aliphatic heterocycles. The number of fused-ring (bicyclic) bond motifs is 1. The average Bonchev–Trinajstić information content (AvgIpc) is 2.75. The fourth-order valence-electron chi connectivity index (χ4n) is 3.42. The molecule has 144 valence electrons. The summed E-state index contributed by atoms with van der Waals surface area (Å²) >= 11 is 0. The van der Waals surface area contributed by atoms with E-state index in [0.717, 1.165) is 40.6 Å². The molecule has 29 heavy (non-hydrogen) atoms. The van der Waals surface area contributed by atoms with Gasteiger partial charge in [-0.05, 0) is 53.9 Å². The Kier molecular flexibility index (Phi) is 5.25. The van der Waals surface area contributed by atoms with Crippen LogP contribution in [0.2, 0.25) is 0 Å². The summed E-state index contributed by atoms with van der Waals surface area (Å²) in [6.07, 6.45) is 1.92. The maximum Gasteiger partial charge on any atom is 0.255 e. The van der Waals surface area contributed by atoms with Gasteiger partial charge in [-0.15, -0.1) is 0 Å². The molecule has 0 atom stereocenters. The number of rotatable bonds is 5. The molecule has 0 radical (unpaired) electrons. The number of pyridine rings is 1. The van der Waals surface area contributed by atoms with E-state index < -0.39 is 0 Å². The summed E-state index contributed by atoms with van der Waals surface area (Å²) in [6.45, 7) is 2.12. The monoisotopic (exact) mass is 381 g/mol. The number of amides is 1. The van der Waals surface area contributed by atoms with Crippen molar-refractivity contribution in [2.45, 2.75) is 19.8 Å². The van der Waals surface area contributed by atoms with Gasteiger partial charge in [-0.25, -0.2) is 0 Å². The second kappa shape index (κ2) is 8.15. The molecule has 0 saturated carbocycles. The molecule has 3 N–H and O–H groups in total. The van der Waals surface area contributed by atoms with Crippen molar-refractivity contribution in [3.63, 3.8) is 0 Å². The van der Waals surface area contributed by atoms with Crippen LogP contribution >= 0.6 is 0 Å². The van der Waals surface area contributed by atoms with Crippen LogP contribution in [0.15, 0.2) is 78.9 Å². The third kappa shape index (κ3) is 4.11. The maximum absolute atomic E-state index is 12.7. The zero-order valence-corrected chi connectivity index (χ0v) is 16.4. The lowest BCUT2D eigenvalue weighted by atomic mass is 10.0. The van der Waals surface area contributed by atoms with Crippen molar-refractivity contribution in [2.24, 2.45) is 0 Å². The number of nitrogen functional groups attached to an aromatic ring is 1. The SMILES string of the molecule is CCCc1cc(N)c2cc(NC(=O)c3ccc(-c4ccccc4)cc3)ccc2n1. The van der Waals surface area contributed by atoms with Gasteiger partial charge in [0.15, 0.2) is 0 Å². The number of carbonyl (C=O) groups is 1. The normalized spacial score (nSPS) is 10.8. The summed E-state index contributed by atoms with van der Waals surface area (Å²) in [5.74, 6) is -0.155. The Morgan fingerprint density at radius 3 is 2.38 bits per heavy atom. The summed E-state index contributed by atoms with van der Waals surface area (Å²) in [4.78, 5) is 17.3. The molecular formula is C25H23N3O. The topological polar surface area (TPSA) is 68.0 Å². The molecule has 3 aromatic carbocycles. The largest absolute Gasteiger partial charge is 0.398 e. The fourth-order valence-corrected chi connectivity index (χ4v) is 3.42. The van der Waals surface area contributed by atoms with Crippen LogP contribution in [0, 0.1) is 0 Å². The Hall–Kier alpha value is -3.66. The molecule has 1 aromatic heterocycles. The number of nitrogens with two attached hydrogens (primary N) is 1. The molecule has 1 heterocycles. The van der Waals surface area contributed by atoms with E-state index in [-0.39, 0.29) is 5.91 Å². The predicted molar refractivity (Wildman–Crippen MR) is 120 cm³/mol. The summed E-state index contributed by atoms with van der Waals surface area (Å²) in [5, 5.41) is 3.80. The van der Waals surface area contributed by atoms with Crippen LogP contribution in [0.25, 0.3) is 22.0 Å². The zero-order valence-electron chi connectivity index (χ0n) is 16.4. The van der Waals surface area contributed by atoms with E-state index in [0.29, 0.717) is 16.9 Å². The standard InChI is InChI=1S/C25H23N3O/c1-2-6-20-16-23(26)22-15-21(13-14-24(22)27-20)28-25(29)19-11-9-18(10-12-19)17-7-4-3-5-8-17/h3-5,7-16H,2,6H2,1H3,(H2,26,27)(H,28,29). The van der Waals surface area contributed by atoms with E-state index in [1.165, 1.54) is 0 Å². The zero-order chi connectivity index (χ0) is 20.2. The van der Waals surface area contributed by atoms with Crippen molar-refractivity contribution in [3.8, 4) is 11.1 Å². The smallest absolute Gasteiger partial charge is 0.255 e. The highest BCUT2D eigenvalue weighted by molar-refractivity contribution is 6.06. The number of hydrogen-bond donors (Lipinski definition) is 2. The van der Waals surface area contributed by atoms with Gasteiger partial charge in [0.25, 0.3) is 5.91 Å². The van der Waals surface area contributed by atoms with Gasteiger partial charge in [-0.3, -0.25) is 9.78 Å². The van der Waals surface area contributed by atoms with Crippen LogP contribution in [0.3, 0.4) is 0 Å². The summed E-state index contributed by atoms with van der Waals surface area (Å²) in [5.41, 5.74) is 12.2. The number of aryl methyl sites for hydroxylation is 1. The molecule has 4 nitrogen and oxygen atoms in total. The number of hydrogen-bond acceptors (Lipinski definition) is 3. The molecule has 0 spiro atoms. The number of benzene rings is 3. The summed E-state index contributed by atoms with van der Waals surface area (Å²) in [6, 6.07) is 25.2. The minimum atomic E-state index is -0.155. The first kappa shape index (κ1) is 18.7. The molecule has 4 heteroatoms. The summed E-state index contributed by atoms with van der Waals surface area (Å²) in [7, 11) is 0. The first-order valence-corrected chi connectivity index (χ1v) is 9.80. The predicted octanol–water partition coefficient (Wildman–Crippen LogP) is 5.69. The highest BCUT2D eigenvalue weighted by Gasteiger charge is 2.09. The second-order valence-corrected chi connectivity index (χ2v) is 7.08. The van der Waals surface area contributed by atoms with Crippen LogP contribution in [0.1, 0.15) is 29.4 Å². The van der Waals surface area contributed by atoms with Crippen LogP contribution in [-0.4, -0.2) is 10.9 Å². The first-order chi connectivity index (χ1) is 14.1. The Morgan fingerprint density at radius 1 is 0.931 bits per heavy atom. The Morgan fingerprint density at radius 2 is 1.66 bits per heavy atom. The van der Waals surface area contributed by atoms with Gasteiger partial charge in [0.1, 0.15) is 0 Å². The van der Waals surface area contributed by atoms with Crippen LogP contribution < -0.4 is 11.1 Å². The van der Waals surface area contributed by atoms with Crippen molar-refractivity contribution >= 4 is 28.2 Å². The average molecular weight is 381 g/mol. The van der Waals surface area contributed by atoms with Gasteiger partial charge >= 0.3 is 0 Å². The van der Waals surface area contributed by atoms with Crippen molar-refractivity contribution in [1.82, 2.24) is 4.98 Å². The Bertz CT molecular complexity index is 1150. The van der Waals surface area contributed by atoms with Crippen molar-refractivity contribution in [1.29, 1.82) is 0 Å². The lowest BCUT2D eigenvalue weighted by Gasteiger charge is -2.10. The quantitative estimate of drug-likeness (QED) is 0.467. The molecule has 4 aromatic rings. The van der Waals surface area contributed by atoms with Gasteiger partial charge < -0.3 is 11.1 Å². The van der Waals surface area contributed by atoms with E-state index in [2.05, 4.69) is 29.4 Å². The van der Waals surface area contributed by atoms with Gasteiger partial charge in [-0.1, -0.05) is 55.8 Å². The van der Waals surface area contributed by atoms with E-state index in [1.54, 1.807) is 0 Å². The minimum absolute atomic E-state index is 0.155. The van der Waals surface area contributed by atoms with E-state index in [9.17, 15) is 4.79 Å². The Labute approximate surface area is 170 Å². The van der Waals surface area contributed by atoms with Gasteiger partial charge in [0.05, 0.1) is 5.52 Å². The van der Waals surface area contributed by atoms with E-state index >= 15 is 0 Å². The molecular weight excluding hydrogens is 358 g/mol. The molecule has 0 aliphatic rings. The van der Waals surface area contributed by atoms with E-state index in [4.69, 9.17) is 5.73 Å². The maximum atomic E-state index is 12.7. The first-order valence-electron chi connectivity index (χ1n) is 9.80. The molecule has 4 rings (SSSR count). The molecule has 0 aliphatic carbocycles. The van der Waals surface area contributed by atoms with Crippen molar-refractivity contribution in [3.05, 3.63) is 90.1 Å². The molecule has 1 amide bonds. The van der Waals surface area contributed by atoms with Gasteiger partial charge in [0, 0.05) is 28.0 Å². The van der Waals surface area contributed by atoms with E-state index in [1.807, 2.05) is 66.7 Å². The van der Waals surface area contributed by atoms with Crippen LogP contribution in [-0.2, 0) is 6.42 Å². The summed E-state index contributed by atoms with van der Waals surface area (Å²) < 4.78 is 0. The highest BCUT2D eigenvalue weighted by atomic mass is 16.1. The lowest BCUT2D eigenvalue weighted by molar-refractivity contribution is 0.102.